The van der Waals surface area contributed by atoms with Gasteiger partial charge >= 0.3 is 0 Å². The number of benzene rings is 2. The third kappa shape index (κ3) is 3.89. The zero-order chi connectivity index (χ0) is 16.9. The van der Waals surface area contributed by atoms with Crippen molar-refractivity contribution in [1.29, 1.82) is 0 Å². The topological polar surface area (TPSA) is 45.5 Å². The number of nitrogens with zero attached hydrogens (tertiary/aromatic N) is 2. The molecule has 1 heterocycles. The Kier molecular flexibility index (Phi) is 6.67. The van der Waals surface area contributed by atoms with Gasteiger partial charge in [0.1, 0.15) is 5.82 Å². The van der Waals surface area contributed by atoms with Crippen molar-refractivity contribution in [2.75, 3.05) is 27.4 Å². The molecule has 3 aromatic rings. The summed E-state index contributed by atoms with van der Waals surface area (Å²) in [5.74, 6) is 2.30. The van der Waals surface area contributed by atoms with E-state index in [0.717, 1.165) is 29.0 Å². The molecule has 0 N–H and O–H groups in total. The van der Waals surface area contributed by atoms with Crippen molar-refractivity contribution < 1.29 is 14.2 Å². The highest BCUT2D eigenvalue weighted by atomic mass is 35.5. The monoisotopic (exact) mass is 362 g/mol. The number of fused-ring (bicyclic) bond motifs is 1. The van der Waals surface area contributed by atoms with Crippen molar-refractivity contribution in [2.24, 2.45) is 0 Å². The highest BCUT2D eigenvalue weighted by Crippen LogP contribution is 2.33. The van der Waals surface area contributed by atoms with Crippen LogP contribution in [0.2, 0.25) is 0 Å². The summed E-state index contributed by atoms with van der Waals surface area (Å²) in [5, 5.41) is 0. The SMILES string of the molecule is CCOCCn1c(-c2ccc(OC)c(OC)c2)nc2ccccc21.Cl. The number of aromatic nitrogens is 2. The Morgan fingerprint density at radius 2 is 1.76 bits per heavy atom. The Bertz CT molecular complexity index is 833. The molecule has 0 saturated carbocycles. The summed E-state index contributed by atoms with van der Waals surface area (Å²) in [6.45, 7) is 4.11. The van der Waals surface area contributed by atoms with E-state index in [1.165, 1.54) is 0 Å². The number of hydrogen-bond acceptors (Lipinski definition) is 4. The molecule has 6 heteroatoms. The quantitative estimate of drug-likeness (QED) is 0.591. The van der Waals surface area contributed by atoms with Crippen LogP contribution in [-0.2, 0) is 11.3 Å². The Balaban J connectivity index is 0.00000225. The molecule has 0 aliphatic carbocycles. The van der Waals surface area contributed by atoms with Gasteiger partial charge in [0.15, 0.2) is 11.5 Å². The summed E-state index contributed by atoms with van der Waals surface area (Å²) in [7, 11) is 3.27. The molecule has 0 spiro atoms. The van der Waals surface area contributed by atoms with Crippen molar-refractivity contribution in [3.8, 4) is 22.9 Å². The summed E-state index contributed by atoms with van der Waals surface area (Å²) >= 11 is 0. The predicted octanol–water partition coefficient (Wildman–Crippen LogP) is 4.18. The summed E-state index contributed by atoms with van der Waals surface area (Å²) in [6, 6.07) is 14.0. The normalized spacial score (nSPS) is 10.5. The first kappa shape index (κ1) is 19.1. The minimum absolute atomic E-state index is 0. The van der Waals surface area contributed by atoms with E-state index in [4.69, 9.17) is 19.2 Å². The van der Waals surface area contributed by atoms with Crippen molar-refractivity contribution in [3.63, 3.8) is 0 Å². The van der Waals surface area contributed by atoms with Crippen LogP contribution in [0.5, 0.6) is 11.5 Å². The molecule has 25 heavy (non-hydrogen) atoms. The van der Waals surface area contributed by atoms with Crippen LogP contribution in [0.25, 0.3) is 22.4 Å². The summed E-state index contributed by atoms with van der Waals surface area (Å²) in [6.07, 6.45) is 0. The lowest BCUT2D eigenvalue weighted by atomic mass is 10.2. The second kappa shape index (κ2) is 8.74. The van der Waals surface area contributed by atoms with Crippen LogP contribution in [0, 0.1) is 0 Å². The van der Waals surface area contributed by atoms with Crippen LogP contribution < -0.4 is 9.47 Å². The Morgan fingerprint density at radius 3 is 2.48 bits per heavy atom. The molecule has 0 radical (unpaired) electrons. The number of methoxy groups -OCH3 is 2. The second-order valence-electron chi connectivity index (χ2n) is 5.34. The van der Waals surface area contributed by atoms with Gasteiger partial charge in [0.2, 0.25) is 0 Å². The van der Waals surface area contributed by atoms with Crippen molar-refractivity contribution in [3.05, 3.63) is 42.5 Å². The van der Waals surface area contributed by atoms with Crippen LogP contribution >= 0.6 is 12.4 Å². The predicted molar refractivity (Wildman–Crippen MR) is 102 cm³/mol. The number of hydrogen-bond donors (Lipinski definition) is 0. The highest BCUT2D eigenvalue weighted by Gasteiger charge is 2.14. The van der Waals surface area contributed by atoms with Crippen LogP contribution in [0.15, 0.2) is 42.5 Å². The smallest absolute Gasteiger partial charge is 0.161 e. The number of para-hydroxylation sites is 2. The summed E-state index contributed by atoms with van der Waals surface area (Å²) in [4.78, 5) is 4.80. The largest absolute Gasteiger partial charge is 0.493 e. The highest BCUT2D eigenvalue weighted by molar-refractivity contribution is 5.85. The van der Waals surface area contributed by atoms with E-state index in [-0.39, 0.29) is 12.4 Å². The lowest BCUT2D eigenvalue weighted by Gasteiger charge is -2.12. The fourth-order valence-corrected chi connectivity index (χ4v) is 2.80. The first-order valence-electron chi connectivity index (χ1n) is 8.04. The minimum atomic E-state index is 0. The molecule has 0 aliphatic heterocycles. The molecule has 5 nitrogen and oxygen atoms in total. The van der Waals surface area contributed by atoms with Gasteiger partial charge in [-0.2, -0.15) is 0 Å². The van der Waals surface area contributed by atoms with Gasteiger partial charge in [-0.1, -0.05) is 12.1 Å². The van der Waals surface area contributed by atoms with E-state index >= 15 is 0 Å². The van der Waals surface area contributed by atoms with E-state index in [2.05, 4.69) is 10.6 Å². The average molecular weight is 363 g/mol. The van der Waals surface area contributed by atoms with E-state index in [0.29, 0.717) is 24.7 Å². The maximum atomic E-state index is 5.53. The molecular formula is C19H23ClN2O3. The lowest BCUT2D eigenvalue weighted by Crippen LogP contribution is -2.07. The molecule has 0 atom stereocenters. The van der Waals surface area contributed by atoms with Gasteiger partial charge in [-0.3, -0.25) is 0 Å². The maximum absolute atomic E-state index is 5.53. The first-order chi connectivity index (χ1) is 11.8. The standard InChI is InChI=1S/C19H22N2O3.ClH/c1-4-24-12-11-21-16-8-6-5-7-15(16)20-19(21)14-9-10-17(22-2)18(13-14)23-3;/h5-10,13H,4,11-12H2,1-3H3;1H. The van der Waals surface area contributed by atoms with Gasteiger partial charge in [0.05, 0.1) is 31.9 Å². The molecule has 0 fully saturated rings. The number of rotatable bonds is 7. The Morgan fingerprint density at radius 1 is 1.00 bits per heavy atom. The molecule has 1 aromatic heterocycles. The molecule has 0 unspecified atom stereocenters. The Labute approximate surface area is 153 Å². The van der Waals surface area contributed by atoms with Gasteiger partial charge in [0.25, 0.3) is 0 Å². The third-order valence-corrected chi connectivity index (χ3v) is 3.96. The van der Waals surface area contributed by atoms with Gasteiger partial charge in [0, 0.05) is 18.7 Å². The second-order valence-corrected chi connectivity index (χ2v) is 5.34. The van der Waals surface area contributed by atoms with Gasteiger partial charge in [-0.15, -0.1) is 12.4 Å². The number of ether oxygens (including phenoxy) is 3. The zero-order valence-electron chi connectivity index (χ0n) is 14.7. The molecule has 2 aromatic carbocycles. The lowest BCUT2D eigenvalue weighted by molar-refractivity contribution is 0.140. The molecule has 0 bridgehead atoms. The number of halogens is 1. The van der Waals surface area contributed by atoms with E-state index in [1.54, 1.807) is 14.2 Å². The fourth-order valence-electron chi connectivity index (χ4n) is 2.80. The summed E-state index contributed by atoms with van der Waals surface area (Å²) < 4.78 is 18.5. The van der Waals surface area contributed by atoms with Gasteiger partial charge < -0.3 is 18.8 Å². The van der Waals surface area contributed by atoms with E-state index < -0.39 is 0 Å². The molecule has 3 rings (SSSR count). The van der Waals surface area contributed by atoms with E-state index in [9.17, 15) is 0 Å². The third-order valence-electron chi connectivity index (χ3n) is 3.96. The Hall–Kier alpha value is -2.24. The van der Waals surface area contributed by atoms with Crippen LogP contribution in [0.4, 0.5) is 0 Å². The minimum Gasteiger partial charge on any atom is -0.493 e. The zero-order valence-corrected chi connectivity index (χ0v) is 15.5. The van der Waals surface area contributed by atoms with Crippen molar-refractivity contribution in [2.45, 2.75) is 13.5 Å². The summed E-state index contributed by atoms with van der Waals surface area (Å²) in [5.41, 5.74) is 3.06. The van der Waals surface area contributed by atoms with Crippen LogP contribution in [-0.4, -0.2) is 37.0 Å². The molecule has 134 valence electrons. The van der Waals surface area contributed by atoms with Gasteiger partial charge in [-0.05, 0) is 37.3 Å². The molecule has 0 saturated heterocycles. The fraction of sp³-hybridized carbons (Fsp3) is 0.316. The maximum Gasteiger partial charge on any atom is 0.161 e. The van der Waals surface area contributed by atoms with Gasteiger partial charge in [-0.25, -0.2) is 4.98 Å². The van der Waals surface area contributed by atoms with Crippen molar-refractivity contribution >= 4 is 23.4 Å². The molecular weight excluding hydrogens is 340 g/mol. The van der Waals surface area contributed by atoms with Crippen LogP contribution in [0.3, 0.4) is 0 Å². The molecule has 0 aliphatic rings. The van der Waals surface area contributed by atoms with Crippen molar-refractivity contribution in [1.82, 2.24) is 9.55 Å². The average Bonchev–Trinajstić information content (AvgIpc) is 3.00. The van der Waals surface area contributed by atoms with Crippen LogP contribution in [0.1, 0.15) is 6.92 Å². The first-order valence-corrected chi connectivity index (χ1v) is 8.04. The number of imidazole rings is 1. The molecule has 0 amide bonds. The van der Waals surface area contributed by atoms with E-state index in [1.807, 2.05) is 43.3 Å².